The average Bonchev–Trinajstić information content (AvgIpc) is 2.94. The van der Waals surface area contributed by atoms with Crippen molar-refractivity contribution in [1.29, 1.82) is 0 Å². The van der Waals surface area contributed by atoms with Gasteiger partial charge in [-0.25, -0.2) is 19.2 Å². The number of carbonyl (C=O) groups is 4. The van der Waals surface area contributed by atoms with Crippen LogP contribution in [0.4, 0.5) is 0 Å². The first kappa shape index (κ1) is 45.0. The zero-order chi connectivity index (χ0) is 42.7. The van der Waals surface area contributed by atoms with Crippen LogP contribution in [0, 0.1) is 0 Å². The molecule has 4 fully saturated rings. The van der Waals surface area contributed by atoms with Crippen molar-refractivity contribution in [3.8, 4) is 0 Å². The molecule has 12 heteroatoms. The number of piperidine rings is 4. The van der Waals surface area contributed by atoms with Crippen LogP contribution in [0.5, 0.6) is 0 Å². The Morgan fingerprint density at radius 3 is 0.895 bits per heavy atom. The maximum Gasteiger partial charge on any atom is 0.339 e. The van der Waals surface area contributed by atoms with E-state index in [0.717, 1.165) is 0 Å². The molecule has 0 radical (unpaired) electrons. The van der Waals surface area contributed by atoms with E-state index < -0.39 is 48.3 Å². The zero-order valence-electron chi connectivity index (χ0n) is 37.5. The van der Waals surface area contributed by atoms with Crippen LogP contribution >= 0.6 is 0 Å². The normalized spacial score (nSPS) is 27.8. The molecule has 4 aliphatic rings. The van der Waals surface area contributed by atoms with Gasteiger partial charge in [-0.1, -0.05) is 0 Å². The fraction of sp³-hybridized carbons (Fsp3) is 0.778. The highest BCUT2D eigenvalue weighted by molar-refractivity contribution is 6.10. The minimum Gasteiger partial charge on any atom is -0.459 e. The molecular formula is C45H72N4O8. The highest BCUT2D eigenvalue weighted by Gasteiger charge is 2.44. The molecule has 1 aromatic carbocycles. The quantitative estimate of drug-likeness (QED) is 0.156. The van der Waals surface area contributed by atoms with E-state index in [0.29, 0.717) is 51.4 Å². The molecule has 2 atom stereocenters. The minimum atomic E-state index is -0.779. The van der Waals surface area contributed by atoms with E-state index >= 15 is 0 Å². The van der Waals surface area contributed by atoms with Crippen LogP contribution in [0.15, 0.2) is 12.1 Å². The van der Waals surface area contributed by atoms with Crippen LogP contribution in [0.25, 0.3) is 0 Å². The Hall–Kier alpha value is -3.06. The number of rotatable bonds is 8. The summed E-state index contributed by atoms with van der Waals surface area (Å²) in [4.78, 5) is 57.7. The van der Waals surface area contributed by atoms with Crippen molar-refractivity contribution in [1.82, 2.24) is 21.3 Å². The number of ether oxygens (including phenoxy) is 4. The van der Waals surface area contributed by atoms with Crippen LogP contribution in [0.1, 0.15) is 197 Å². The van der Waals surface area contributed by atoms with Gasteiger partial charge in [0.2, 0.25) is 0 Å². The topological polar surface area (TPSA) is 153 Å². The molecular weight excluding hydrogens is 725 g/mol. The molecule has 4 saturated heterocycles. The van der Waals surface area contributed by atoms with Gasteiger partial charge >= 0.3 is 23.9 Å². The molecule has 0 spiro atoms. The number of esters is 4. The first-order valence-electron chi connectivity index (χ1n) is 21.0. The summed E-state index contributed by atoms with van der Waals surface area (Å²) in [6, 6.07) is 2.66. The van der Waals surface area contributed by atoms with E-state index in [1.54, 1.807) is 0 Å². The largest absolute Gasteiger partial charge is 0.459 e. The Morgan fingerprint density at radius 1 is 0.421 bits per heavy atom. The van der Waals surface area contributed by atoms with Crippen molar-refractivity contribution in [3.63, 3.8) is 0 Å². The fourth-order valence-corrected chi connectivity index (χ4v) is 11.0. The van der Waals surface area contributed by atoms with Gasteiger partial charge in [-0.2, -0.15) is 0 Å². The molecule has 0 amide bonds. The fourth-order valence-electron chi connectivity index (χ4n) is 11.0. The predicted molar refractivity (Wildman–Crippen MR) is 221 cm³/mol. The summed E-state index contributed by atoms with van der Waals surface area (Å²) in [6.07, 6.45) is 2.42. The maximum atomic E-state index is 14.5. The summed E-state index contributed by atoms with van der Waals surface area (Å²) < 4.78 is 24.8. The van der Waals surface area contributed by atoms with E-state index in [1.807, 2.05) is 6.92 Å². The third-order valence-electron chi connectivity index (χ3n) is 11.6. The van der Waals surface area contributed by atoms with Crippen LogP contribution in [0.2, 0.25) is 0 Å². The van der Waals surface area contributed by atoms with Crippen LogP contribution in [0.3, 0.4) is 0 Å². The monoisotopic (exact) mass is 797 g/mol. The Kier molecular flexibility index (Phi) is 12.3. The lowest BCUT2D eigenvalue weighted by atomic mass is 9.81. The van der Waals surface area contributed by atoms with Gasteiger partial charge in [-0.3, -0.25) is 0 Å². The van der Waals surface area contributed by atoms with E-state index in [-0.39, 0.29) is 67.1 Å². The molecule has 1 aromatic rings. The van der Waals surface area contributed by atoms with Crippen molar-refractivity contribution in [2.75, 3.05) is 0 Å². The summed E-state index contributed by atoms with van der Waals surface area (Å²) in [5.74, 6) is -3.11. The summed E-state index contributed by atoms with van der Waals surface area (Å²) in [5, 5.41) is 14.4. The number of hydrogen-bond donors (Lipinski definition) is 4. The number of hydrogen-bond acceptors (Lipinski definition) is 12. The van der Waals surface area contributed by atoms with Crippen molar-refractivity contribution in [2.45, 2.75) is 224 Å². The van der Waals surface area contributed by atoms with Crippen molar-refractivity contribution >= 4 is 23.9 Å². The number of nitrogens with one attached hydrogen (secondary N) is 4. The average molecular weight is 797 g/mol. The van der Waals surface area contributed by atoms with E-state index in [9.17, 15) is 19.2 Å². The molecule has 4 heterocycles. The number of carbonyl (C=O) groups excluding carboxylic acids is 4. The van der Waals surface area contributed by atoms with Crippen LogP contribution in [-0.4, -0.2) is 93.1 Å². The third-order valence-corrected chi connectivity index (χ3v) is 11.6. The van der Waals surface area contributed by atoms with Gasteiger partial charge in [0.15, 0.2) is 0 Å². The molecule has 0 bridgehead atoms. The van der Waals surface area contributed by atoms with Crippen molar-refractivity contribution in [2.24, 2.45) is 0 Å². The SMILES string of the molecule is CC1CC(OC(=O)c2cc(C(=O)OC3CC(C)(C)NC(C)(C)C3)c(C(=O)OC3CC(C)(C)NC(C)(C)C3)cc2C(=O)OC2CC(C)(C)NC(C)(C)C2)CC(C)(C)N1. The van der Waals surface area contributed by atoms with Crippen LogP contribution in [-0.2, 0) is 18.9 Å². The molecule has 2 unspecified atom stereocenters. The minimum absolute atomic E-state index is 0.0775. The third kappa shape index (κ3) is 12.0. The first-order chi connectivity index (χ1) is 25.8. The molecule has 0 saturated carbocycles. The predicted octanol–water partition coefficient (Wildman–Crippen LogP) is 7.16. The standard InChI is InChI=1S/C45H72N4O8/c1-26-16-27(19-39(2,3)46-26)54-35(50)31-17-33(37(52)56-29-22-42(8,9)48-43(10,11)23-29)34(38(53)57-30-24-44(12,13)49-45(14,15)25-30)18-32(31)36(51)55-28-20-40(4,5)47-41(6,7)21-28/h17-18,26-30,46-49H,16,19-25H2,1-15H3. The molecule has 57 heavy (non-hydrogen) atoms. The maximum absolute atomic E-state index is 14.5. The smallest absolute Gasteiger partial charge is 0.339 e. The van der Waals surface area contributed by atoms with E-state index in [2.05, 4.69) is 118 Å². The highest BCUT2D eigenvalue weighted by Crippen LogP contribution is 2.36. The van der Waals surface area contributed by atoms with E-state index in [1.165, 1.54) is 12.1 Å². The Labute approximate surface area is 341 Å². The lowest BCUT2D eigenvalue weighted by molar-refractivity contribution is -0.0111. The van der Waals surface area contributed by atoms with Gasteiger partial charge in [0.05, 0.1) is 22.3 Å². The van der Waals surface area contributed by atoms with Gasteiger partial charge in [0, 0.05) is 89.8 Å². The molecule has 12 nitrogen and oxygen atoms in total. The van der Waals surface area contributed by atoms with Gasteiger partial charge in [0.25, 0.3) is 0 Å². The Bertz CT molecular complexity index is 1680. The molecule has 4 N–H and O–H groups in total. The second-order valence-electron chi connectivity index (χ2n) is 22.3. The lowest BCUT2D eigenvalue weighted by Gasteiger charge is -2.46. The highest BCUT2D eigenvalue weighted by atomic mass is 16.6. The second kappa shape index (κ2) is 15.5. The van der Waals surface area contributed by atoms with Gasteiger partial charge in [-0.15, -0.1) is 0 Å². The summed E-state index contributed by atoms with van der Waals surface area (Å²) >= 11 is 0. The molecule has 0 aliphatic carbocycles. The van der Waals surface area contributed by atoms with Gasteiger partial charge in [-0.05, 0) is 122 Å². The molecule has 0 aromatic heterocycles. The zero-order valence-corrected chi connectivity index (χ0v) is 37.5. The summed E-state index contributed by atoms with van der Waals surface area (Å²) in [5.41, 5.74) is -2.91. The summed E-state index contributed by atoms with van der Waals surface area (Å²) in [7, 11) is 0. The molecule has 5 rings (SSSR count). The molecule has 320 valence electrons. The number of benzene rings is 1. The molecule has 4 aliphatic heterocycles. The first-order valence-corrected chi connectivity index (χ1v) is 21.0. The second-order valence-corrected chi connectivity index (χ2v) is 22.3. The van der Waals surface area contributed by atoms with Gasteiger partial charge in [0.1, 0.15) is 24.4 Å². The van der Waals surface area contributed by atoms with Crippen molar-refractivity contribution in [3.05, 3.63) is 34.4 Å². The lowest BCUT2D eigenvalue weighted by Crippen LogP contribution is -2.60. The Morgan fingerprint density at radius 2 is 0.649 bits per heavy atom. The Balaban J connectivity index is 1.59. The summed E-state index contributed by atoms with van der Waals surface area (Å²) in [6.45, 7) is 30.8. The van der Waals surface area contributed by atoms with E-state index in [4.69, 9.17) is 18.9 Å². The van der Waals surface area contributed by atoms with Crippen LogP contribution < -0.4 is 21.3 Å². The van der Waals surface area contributed by atoms with Crippen molar-refractivity contribution < 1.29 is 38.1 Å². The van der Waals surface area contributed by atoms with Gasteiger partial charge < -0.3 is 40.2 Å².